The second-order valence-electron chi connectivity index (χ2n) is 4.14. The Bertz CT molecular complexity index is 596. The second-order valence-corrected chi connectivity index (χ2v) is 4.52. The van der Waals surface area contributed by atoms with Gasteiger partial charge in [-0.25, -0.2) is 8.78 Å². The summed E-state index contributed by atoms with van der Waals surface area (Å²) in [5, 5.41) is 7.73. The van der Waals surface area contributed by atoms with Crippen LogP contribution in [-0.2, 0) is 13.1 Å². The monoisotopic (exact) mass is 285 g/mol. The van der Waals surface area contributed by atoms with Gasteiger partial charge in [0.15, 0.2) is 0 Å². The predicted molar refractivity (Wildman–Crippen MR) is 71.3 cm³/mol. The summed E-state index contributed by atoms with van der Waals surface area (Å²) in [5.41, 5.74) is 1.75. The van der Waals surface area contributed by atoms with Crippen LogP contribution in [0.25, 0.3) is 0 Å². The topological polar surface area (TPSA) is 29.9 Å². The molecule has 19 heavy (non-hydrogen) atoms. The van der Waals surface area contributed by atoms with E-state index in [4.69, 9.17) is 11.6 Å². The van der Waals surface area contributed by atoms with Crippen LogP contribution in [0, 0.1) is 18.6 Å². The van der Waals surface area contributed by atoms with Gasteiger partial charge in [-0.3, -0.25) is 4.68 Å². The molecule has 0 unspecified atom stereocenters. The fraction of sp³-hybridized carbons (Fsp3) is 0.308. The van der Waals surface area contributed by atoms with Gasteiger partial charge in [0.25, 0.3) is 0 Å². The Kier molecular flexibility index (Phi) is 4.04. The Morgan fingerprint density at radius 3 is 2.74 bits per heavy atom. The van der Waals surface area contributed by atoms with Gasteiger partial charge in [-0.2, -0.15) is 5.10 Å². The van der Waals surface area contributed by atoms with E-state index < -0.39 is 11.6 Å². The predicted octanol–water partition coefficient (Wildman–Crippen LogP) is 3.76. The van der Waals surface area contributed by atoms with Crippen LogP contribution in [0.4, 0.5) is 14.5 Å². The molecule has 1 heterocycles. The Labute approximate surface area is 115 Å². The Hall–Kier alpha value is -1.62. The maximum atomic E-state index is 13.5. The normalized spacial score (nSPS) is 10.8. The van der Waals surface area contributed by atoms with Crippen molar-refractivity contribution in [2.24, 2.45) is 0 Å². The average molecular weight is 286 g/mol. The van der Waals surface area contributed by atoms with Gasteiger partial charge >= 0.3 is 0 Å². The highest BCUT2D eigenvalue weighted by molar-refractivity contribution is 6.31. The van der Waals surface area contributed by atoms with Gasteiger partial charge in [0.1, 0.15) is 11.6 Å². The van der Waals surface area contributed by atoms with Crippen LogP contribution in [0.15, 0.2) is 18.2 Å². The van der Waals surface area contributed by atoms with Crippen LogP contribution in [0.3, 0.4) is 0 Å². The molecule has 0 amide bonds. The van der Waals surface area contributed by atoms with Crippen LogP contribution >= 0.6 is 11.6 Å². The quantitative estimate of drug-likeness (QED) is 0.927. The highest BCUT2D eigenvalue weighted by Gasteiger charge is 2.13. The molecular formula is C13H14ClF2N3. The number of aryl methyl sites for hydroxylation is 2. The maximum absolute atomic E-state index is 13.5. The van der Waals surface area contributed by atoms with Crippen LogP contribution in [0.2, 0.25) is 5.02 Å². The smallest absolute Gasteiger partial charge is 0.149 e. The molecule has 6 heteroatoms. The van der Waals surface area contributed by atoms with Crippen LogP contribution in [0.5, 0.6) is 0 Å². The highest BCUT2D eigenvalue weighted by Crippen LogP contribution is 2.22. The standard InChI is InChI=1S/C13H14ClF2N3/c1-3-19-12(13(14)8(2)18-19)7-17-11-5-4-9(15)6-10(11)16/h4-6,17H,3,7H2,1-2H3. The first kappa shape index (κ1) is 13.8. The van der Waals surface area contributed by atoms with Crippen molar-refractivity contribution < 1.29 is 8.78 Å². The van der Waals surface area contributed by atoms with Gasteiger partial charge in [0, 0.05) is 12.6 Å². The zero-order valence-electron chi connectivity index (χ0n) is 10.7. The van der Waals surface area contributed by atoms with Crippen LogP contribution in [-0.4, -0.2) is 9.78 Å². The van der Waals surface area contributed by atoms with Crippen molar-refractivity contribution in [1.82, 2.24) is 9.78 Å². The summed E-state index contributed by atoms with van der Waals surface area (Å²) in [4.78, 5) is 0. The van der Waals surface area contributed by atoms with Gasteiger partial charge in [-0.15, -0.1) is 0 Å². The van der Waals surface area contributed by atoms with E-state index in [-0.39, 0.29) is 5.69 Å². The second kappa shape index (κ2) is 5.57. The van der Waals surface area contributed by atoms with E-state index in [1.54, 1.807) is 4.68 Å². The molecule has 0 aliphatic rings. The van der Waals surface area contributed by atoms with Crippen molar-refractivity contribution in [2.75, 3.05) is 5.32 Å². The molecule has 0 aliphatic heterocycles. The third kappa shape index (κ3) is 2.87. The fourth-order valence-electron chi connectivity index (χ4n) is 1.85. The summed E-state index contributed by atoms with van der Waals surface area (Å²) in [6, 6.07) is 3.40. The van der Waals surface area contributed by atoms with Crippen molar-refractivity contribution in [3.05, 3.63) is 46.2 Å². The van der Waals surface area contributed by atoms with Gasteiger partial charge in [-0.05, 0) is 26.0 Å². The molecule has 0 aliphatic carbocycles. The van der Waals surface area contributed by atoms with Crippen molar-refractivity contribution in [1.29, 1.82) is 0 Å². The van der Waals surface area contributed by atoms with Crippen molar-refractivity contribution in [2.45, 2.75) is 26.9 Å². The highest BCUT2D eigenvalue weighted by atomic mass is 35.5. The van der Waals surface area contributed by atoms with Crippen molar-refractivity contribution in [3.8, 4) is 0 Å². The van der Waals surface area contributed by atoms with E-state index in [0.717, 1.165) is 17.5 Å². The molecule has 102 valence electrons. The third-order valence-electron chi connectivity index (χ3n) is 2.83. The Morgan fingerprint density at radius 2 is 2.11 bits per heavy atom. The molecule has 0 atom stereocenters. The van der Waals surface area contributed by atoms with Crippen LogP contribution < -0.4 is 5.32 Å². The van der Waals surface area contributed by atoms with Gasteiger partial charge in [0.2, 0.25) is 0 Å². The molecule has 0 spiro atoms. The number of halogens is 3. The summed E-state index contributed by atoms with van der Waals surface area (Å²) >= 11 is 6.15. The minimum Gasteiger partial charge on any atom is -0.377 e. The molecule has 1 aromatic carbocycles. The maximum Gasteiger partial charge on any atom is 0.149 e. The Balaban J connectivity index is 2.18. The molecule has 3 nitrogen and oxygen atoms in total. The van der Waals surface area contributed by atoms with E-state index >= 15 is 0 Å². The first-order valence-corrected chi connectivity index (χ1v) is 6.31. The molecule has 2 rings (SSSR count). The Morgan fingerprint density at radius 1 is 1.37 bits per heavy atom. The number of rotatable bonds is 4. The van der Waals surface area contributed by atoms with E-state index in [2.05, 4.69) is 10.4 Å². The molecule has 0 saturated carbocycles. The molecule has 1 aromatic heterocycles. The van der Waals surface area contributed by atoms with E-state index in [1.165, 1.54) is 12.1 Å². The summed E-state index contributed by atoms with van der Waals surface area (Å²) in [6.45, 7) is 4.77. The minimum atomic E-state index is -0.629. The first-order valence-electron chi connectivity index (χ1n) is 5.93. The van der Waals surface area contributed by atoms with Crippen molar-refractivity contribution in [3.63, 3.8) is 0 Å². The zero-order chi connectivity index (χ0) is 14.0. The summed E-state index contributed by atoms with van der Waals surface area (Å²) < 4.78 is 28.0. The largest absolute Gasteiger partial charge is 0.377 e. The summed E-state index contributed by atoms with van der Waals surface area (Å²) in [7, 11) is 0. The molecule has 2 aromatic rings. The van der Waals surface area contributed by atoms with Crippen LogP contribution in [0.1, 0.15) is 18.3 Å². The SMILES string of the molecule is CCn1nc(C)c(Cl)c1CNc1ccc(F)cc1F. The molecule has 0 fully saturated rings. The fourth-order valence-corrected chi connectivity index (χ4v) is 2.05. The van der Waals surface area contributed by atoms with Crippen molar-refractivity contribution >= 4 is 17.3 Å². The lowest BCUT2D eigenvalue weighted by Crippen LogP contribution is -2.09. The number of nitrogens with one attached hydrogen (secondary N) is 1. The lowest BCUT2D eigenvalue weighted by atomic mass is 10.3. The molecule has 0 saturated heterocycles. The number of hydrogen-bond acceptors (Lipinski definition) is 2. The number of aromatic nitrogens is 2. The zero-order valence-corrected chi connectivity index (χ0v) is 11.4. The summed E-state index contributed by atoms with van der Waals surface area (Å²) in [5.74, 6) is -1.23. The minimum absolute atomic E-state index is 0.235. The van der Waals surface area contributed by atoms with E-state index in [0.29, 0.717) is 18.1 Å². The van der Waals surface area contributed by atoms with Gasteiger partial charge in [0.05, 0.1) is 28.6 Å². The molecule has 0 radical (unpaired) electrons. The van der Waals surface area contributed by atoms with E-state index in [1.807, 2.05) is 13.8 Å². The lowest BCUT2D eigenvalue weighted by molar-refractivity contribution is 0.584. The number of anilines is 1. The first-order chi connectivity index (χ1) is 9.02. The van der Waals surface area contributed by atoms with Gasteiger partial charge < -0.3 is 5.32 Å². The molecule has 1 N–H and O–H groups in total. The molecular weight excluding hydrogens is 272 g/mol. The lowest BCUT2D eigenvalue weighted by Gasteiger charge is -2.09. The number of nitrogens with zero attached hydrogens (tertiary/aromatic N) is 2. The average Bonchev–Trinajstić information content (AvgIpc) is 2.65. The third-order valence-corrected chi connectivity index (χ3v) is 3.32. The van der Waals surface area contributed by atoms with E-state index in [9.17, 15) is 8.78 Å². The molecule has 0 bridgehead atoms. The number of benzene rings is 1. The van der Waals surface area contributed by atoms with Gasteiger partial charge in [-0.1, -0.05) is 11.6 Å². The summed E-state index contributed by atoms with van der Waals surface area (Å²) in [6.07, 6.45) is 0. The number of hydrogen-bond donors (Lipinski definition) is 1.